The van der Waals surface area contributed by atoms with Crippen LogP contribution >= 0.6 is 15.9 Å². The average Bonchev–Trinajstić information content (AvgIpc) is 2.82. The summed E-state index contributed by atoms with van der Waals surface area (Å²) >= 11 is 3.17. The number of halogens is 1. The third-order valence-corrected chi connectivity index (χ3v) is 3.79. The number of hydrogen-bond donors (Lipinski definition) is 1. The summed E-state index contributed by atoms with van der Waals surface area (Å²) in [6.45, 7) is 0.668. The maximum Gasteiger partial charge on any atom is 0.303 e. The van der Waals surface area contributed by atoms with Crippen LogP contribution in [0.3, 0.4) is 0 Å². The number of rotatable bonds is 4. The third kappa shape index (κ3) is 3.59. The molecule has 2 rings (SSSR count). The van der Waals surface area contributed by atoms with Gasteiger partial charge in [0.15, 0.2) is 10.4 Å². The number of aliphatic carboxylic acids is 1. The zero-order valence-electron chi connectivity index (χ0n) is 10.5. The van der Waals surface area contributed by atoms with E-state index in [-0.39, 0.29) is 18.4 Å². The quantitative estimate of drug-likeness (QED) is 0.921. The summed E-state index contributed by atoms with van der Waals surface area (Å²) in [5.74, 6) is -0.673. The lowest BCUT2D eigenvalue weighted by Crippen LogP contribution is -2.43. The topological polar surface area (TPSA) is 70.8 Å². The fourth-order valence-corrected chi connectivity index (χ4v) is 2.74. The predicted octanol–water partition coefficient (Wildman–Crippen LogP) is 2.90. The summed E-state index contributed by atoms with van der Waals surface area (Å²) in [5, 5.41) is 8.76. The first-order valence-corrected chi connectivity index (χ1v) is 7.15. The summed E-state index contributed by atoms with van der Waals surface area (Å²) in [6, 6.07) is 3.32. The Labute approximate surface area is 119 Å². The molecule has 19 heavy (non-hydrogen) atoms. The van der Waals surface area contributed by atoms with Gasteiger partial charge in [-0.05, 0) is 53.7 Å². The highest BCUT2D eigenvalue weighted by atomic mass is 79.9. The summed E-state index contributed by atoms with van der Waals surface area (Å²) in [5.41, 5.74) is 0. The SMILES string of the molecule is O=C(O)CCC1CCCCN1C(=O)c1ccc(Br)o1. The van der Waals surface area contributed by atoms with Crippen molar-refractivity contribution in [3.8, 4) is 0 Å². The summed E-state index contributed by atoms with van der Waals surface area (Å²) in [7, 11) is 0. The highest BCUT2D eigenvalue weighted by Gasteiger charge is 2.29. The molecule has 1 aromatic rings. The molecule has 2 heterocycles. The van der Waals surface area contributed by atoms with Crippen molar-refractivity contribution in [1.29, 1.82) is 0 Å². The summed E-state index contributed by atoms with van der Waals surface area (Å²) in [4.78, 5) is 24.7. The molecule has 6 heteroatoms. The largest absolute Gasteiger partial charge is 0.481 e. The monoisotopic (exact) mass is 329 g/mol. The third-order valence-electron chi connectivity index (χ3n) is 3.36. The average molecular weight is 330 g/mol. The van der Waals surface area contributed by atoms with E-state index in [0.29, 0.717) is 23.4 Å². The predicted molar refractivity (Wildman–Crippen MR) is 72.0 cm³/mol. The fourth-order valence-electron chi connectivity index (χ4n) is 2.43. The Balaban J connectivity index is 2.06. The van der Waals surface area contributed by atoms with Crippen molar-refractivity contribution in [2.45, 2.75) is 38.1 Å². The van der Waals surface area contributed by atoms with E-state index in [9.17, 15) is 9.59 Å². The lowest BCUT2D eigenvalue weighted by Gasteiger charge is -2.35. The van der Waals surface area contributed by atoms with Gasteiger partial charge in [-0.15, -0.1) is 0 Å². The molecule has 1 aromatic heterocycles. The van der Waals surface area contributed by atoms with Crippen LogP contribution in [0, 0.1) is 0 Å². The molecule has 1 unspecified atom stereocenters. The number of amides is 1. The molecule has 104 valence electrons. The van der Waals surface area contributed by atoms with Crippen molar-refractivity contribution >= 4 is 27.8 Å². The van der Waals surface area contributed by atoms with Gasteiger partial charge in [0.25, 0.3) is 5.91 Å². The van der Waals surface area contributed by atoms with E-state index < -0.39 is 5.97 Å². The van der Waals surface area contributed by atoms with E-state index in [4.69, 9.17) is 9.52 Å². The van der Waals surface area contributed by atoms with Gasteiger partial charge >= 0.3 is 5.97 Å². The zero-order valence-corrected chi connectivity index (χ0v) is 12.1. The summed E-state index contributed by atoms with van der Waals surface area (Å²) < 4.78 is 5.80. The highest BCUT2D eigenvalue weighted by Crippen LogP contribution is 2.24. The van der Waals surface area contributed by atoms with Crippen molar-refractivity contribution in [2.75, 3.05) is 6.54 Å². The molecule has 0 saturated carbocycles. The fraction of sp³-hybridized carbons (Fsp3) is 0.538. The second-order valence-electron chi connectivity index (χ2n) is 4.68. The van der Waals surface area contributed by atoms with E-state index >= 15 is 0 Å². The normalized spacial score (nSPS) is 19.4. The first-order chi connectivity index (χ1) is 9.08. The lowest BCUT2D eigenvalue weighted by atomic mass is 9.97. The van der Waals surface area contributed by atoms with Crippen LogP contribution in [0.5, 0.6) is 0 Å². The van der Waals surface area contributed by atoms with Gasteiger partial charge < -0.3 is 14.4 Å². The van der Waals surface area contributed by atoms with E-state index in [0.717, 1.165) is 19.3 Å². The molecule has 1 atom stereocenters. The summed E-state index contributed by atoms with van der Waals surface area (Å²) in [6.07, 6.45) is 3.45. The molecular formula is C13H16BrNO4. The number of likely N-dealkylation sites (tertiary alicyclic amines) is 1. The van der Waals surface area contributed by atoms with E-state index in [1.807, 2.05) is 0 Å². The minimum absolute atomic E-state index is 0.00113. The van der Waals surface area contributed by atoms with Crippen LogP contribution < -0.4 is 0 Å². The first-order valence-electron chi connectivity index (χ1n) is 6.36. The van der Waals surface area contributed by atoms with Gasteiger partial charge in [-0.3, -0.25) is 9.59 Å². The number of hydrogen-bond acceptors (Lipinski definition) is 3. The van der Waals surface area contributed by atoms with Crippen LogP contribution in [0.1, 0.15) is 42.7 Å². The maximum atomic E-state index is 12.3. The lowest BCUT2D eigenvalue weighted by molar-refractivity contribution is -0.137. The van der Waals surface area contributed by atoms with Crippen molar-refractivity contribution in [2.24, 2.45) is 0 Å². The van der Waals surface area contributed by atoms with Crippen LogP contribution in [0.2, 0.25) is 0 Å². The number of carbonyl (C=O) groups is 2. The molecule has 0 aromatic carbocycles. The molecule has 0 radical (unpaired) electrons. The smallest absolute Gasteiger partial charge is 0.303 e. The van der Waals surface area contributed by atoms with Crippen LogP contribution in [-0.2, 0) is 4.79 Å². The second-order valence-corrected chi connectivity index (χ2v) is 5.47. The zero-order chi connectivity index (χ0) is 13.8. The molecule has 1 N–H and O–H groups in total. The van der Waals surface area contributed by atoms with Gasteiger partial charge in [0, 0.05) is 19.0 Å². The van der Waals surface area contributed by atoms with Gasteiger partial charge in [-0.25, -0.2) is 0 Å². The van der Waals surface area contributed by atoms with Gasteiger partial charge in [0.05, 0.1) is 0 Å². The number of carboxylic acid groups (broad SMARTS) is 1. The number of carboxylic acids is 1. The van der Waals surface area contributed by atoms with E-state index in [1.54, 1.807) is 17.0 Å². The Hall–Kier alpha value is -1.30. The Bertz CT molecular complexity index is 471. The van der Waals surface area contributed by atoms with Crippen LogP contribution in [0.15, 0.2) is 21.2 Å². The van der Waals surface area contributed by atoms with Gasteiger partial charge in [0.2, 0.25) is 0 Å². The van der Waals surface area contributed by atoms with Crippen LogP contribution in [-0.4, -0.2) is 34.5 Å². The minimum Gasteiger partial charge on any atom is -0.481 e. The molecule has 0 bridgehead atoms. The first kappa shape index (κ1) is 14.1. The Morgan fingerprint density at radius 3 is 2.84 bits per heavy atom. The Kier molecular flexibility index (Phi) is 4.63. The van der Waals surface area contributed by atoms with Crippen LogP contribution in [0.4, 0.5) is 0 Å². The highest BCUT2D eigenvalue weighted by molar-refractivity contribution is 9.10. The molecule has 1 amide bonds. The van der Waals surface area contributed by atoms with Gasteiger partial charge in [-0.1, -0.05) is 0 Å². The van der Waals surface area contributed by atoms with Gasteiger partial charge in [0.1, 0.15) is 0 Å². The second kappa shape index (κ2) is 6.23. The van der Waals surface area contributed by atoms with Gasteiger partial charge in [-0.2, -0.15) is 0 Å². The number of furan rings is 1. The Morgan fingerprint density at radius 2 is 2.21 bits per heavy atom. The Morgan fingerprint density at radius 1 is 1.42 bits per heavy atom. The number of piperidine rings is 1. The molecule has 1 saturated heterocycles. The maximum absolute atomic E-state index is 12.3. The molecule has 1 aliphatic rings. The van der Waals surface area contributed by atoms with Crippen molar-refractivity contribution in [3.05, 3.63) is 22.6 Å². The number of carbonyl (C=O) groups excluding carboxylic acids is 1. The van der Waals surface area contributed by atoms with Crippen molar-refractivity contribution in [1.82, 2.24) is 4.90 Å². The van der Waals surface area contributed by atoms with Crippen LogP contribution in [0.25, 0.3) is 0 Å². The molecule has 1 aliphatic heterocycles. The molecule has 1 fully saturated rings. The van der Waals surface area contributed by atoms with E-state index in [2.05, 4.69) is 15.9 Å². The van der Waals surface area contributed by atoms with E-state index in [1.165, 1.54) is 0 Å². The molecule has 0 spiro atoms. The van der Waals surface area contributed by atoms with Crippen molar-refractivity contribution < 1.29 is 19.1 Å². The number of nitrogens with zero attached hydrogens (tertiary/aromatic N) is 1. The molecule has 0 aliphatic carbocycles. The molecular weight excluding hydrogens is 314 g/mol. The van der Waals surface area contributed by atoms with Crippen molar-refractivity contribution in [3.63, 3.8) is 0 Å². The molecule has 5 nitrogen and oxygen atoms in total. The standard InChI is InChI=1S/C13H16BrNO4/c14-11-6-5-10(19-11)13(18)15-8-2-1-3-9(15)4-7-12(16)17/h5-6,9H,1-4,7-8H2,(H,16,17). The minimum atomic E-state index is -0.821.